The van der Waals surface area contributed by atoms with Gasteiger partial charge in [0.2, 0.25) is 0 Å². The zero-order valence-electron chi connectivity index (χ0n) is 13.6. The monoisotopic (exact) mass is 443 g/mol. The van der Waals surface area contributed by atoms with E-state index in [1.54, 1.807) is 0 Å². The molecule has 0 bridgehead atoms. The smallest absolute Gasteiger partial charge is 0.388 e. The topological polar surface area (TPSA) is 66.2 Å². The number of nitrogens with zero attached hydrogens (tertiary/aromatic N) is 2. The molecule has 0 amide bonds. The van der Waals surface area contributed by atoms with Crippen LogP contribution in [0.4, 0.5) is 26.3 Å². The van der Waals surface area contributed by atoms with Gasteiger partial charge in [-0.05, 0) is 35.4 Å². The van der Waals surface area contributed by atoms with Gasteiger partial charge in [-0.15, -0.1) is 0 Å². The van der Waals surface area contributed by atoms with Crippen molar-refractivity contribution in [1.82, 2.24) is 9.97 Å². The van der Waals surface area contributed by atoms with Crippen LogP contribution in [0.2, 0.25) is 0 Å². The first-order chi connectivity index (χ1) is 11.9. The Hall–Kier alpha value is -1.68. The average molecular weight is 444 g/mol. The van der Waals surface area contributed by atoms with E-state index in [1.807, 2.05) is 0 Å². The van der Waals surface area contributed by atoms with E-state index in [4.69, 9.17) is 0 Å². The first-order valence-corrected chi connectivity index (χ1v) is 7.33. The summed E-state index contributed by atoms with van der Waals surface area (Å²) in [6.45, 7) is 1.30. The van der Waals surface area contributed by atoms with E-state index in [0.29, 0.717) is 12.1 Å². The van der Waals surface area contributed by atoms with Gasteiger partial charge in [0.1, 0.15) is 11.4 Å². The standard InChI is InChI=1S/C16H14F6N2O2.Cu/c1-8(13(25)9-2-4-23-11(6-9)15(17,18)19)14(26)10-3-5-24-12(7-10)16(20,21)22;/h2-8,13-14,25-26H,1H3;. The molecule has 2 aromatic heterocycles. The van der Waals surface area contributed by atoms with E-state index in [0.717, 1.165) is 24.5 Å². The molecule has 4 nitrogen and oxygen atoms in total. The number of aliphatic hydroxyl groups excluding tert-OH is 2. The fourth-order valence-corrected chi connectivity index (χ4v) is 2.35. The summed E-state index contributed by atoms with van der Waals surface area (Å²) in [4.78, 5) is 6.32. The van der Waals surface area contributed by atoms with Crippen LogP contribution in [-0.2, 0) is 29.4 Å². The summed E-state index contributed by atoms with van der Waals surface area (Å²) in [5.41, 5.74) is -2.77. The fraction of sp³-hybridized carbons (Fsp3) is 0.375. The maximum Gasteiger partial charge on any atom is 0.433 e. The second-order valence-electron chi connectivity index (χ2n) is 5.69. The van der Waals surface area contributed by atoms with Crippen molar-refractivity contribution in [1.29, 1.82) is 0 Å². The van der Waals surface area contributed by atoms with Gasteiger partial charge < -0.3 is 10.2 Å². The molecule has 0 fully saturated rings. The molecule has 27 heavy (non-hydrogen) atoms. The van der Waals surface area contributed by atoms with E-state index in [9.17, 15) is 36.6 Å². The third kappa shape index (κ3) is 5.65. The quantitative estimate of drug-likeness (QED) is 0.555. The van der Waals surface area contributed by atoms with E-state index >= 15 is 0 Å². The summed E-state index contributed by atoms with van der Waals surface area (Å²) in [7, 11) is 0. The SMILES string of the molecule is CC(C(O)c1ccnc(C(F)(F)F)c1)C(O)c1ccnc(C(F)(F)F)c1.[Cu]. The van der Waals surface area contributed by atoms with Crippen LogP contribution in [-0.4, -0.2) is 20.2 Å². The van der Waals surface area contributed by atoms with Gasteiger partial charge in [-0.2, -0.15) is 26.3 Å². The van der Waals surface area contributed by atoms with Gasteiger partial charge >= 0.3 is 12.4 Å². The van der Waals surface area contributed by atoms with Gasteiger partial charge in [0.25, 0.3) is 0 Å². The predicted molar refractivity (Wildman–Crippen MR) is 77.6 cm³/mol. The average Bonchev–Trinajstić information content (AvgIpc) is 2.58. The van der Waals surface area contributed by atoms with Gasteiger partial charge in [-0.1, -0.05) is 6.92 Å². The Labute approximate surface area is 160 Å². The zero-order chi connectivity index (χ0) is 19.7. The van der Waals surface area contributed by atoms with Crippen LogP contribution < -0.4 is 0 Å². The summed E-state index contributed by atoms with van der Waals surface area (Å²) in [6.07, 6.45) is -10.8. The molecule has 2 heterocycles. The second-order valence-corrected chi connectivity index (χ2v) is 5.69. The maximum atomic E-state index is 12.7. The van der Waals surface area contributed by atoms with Crippen LogP contribution in [0, 0.1) is 5.92 Å². The van der Waals surface area contributed by atoms with Crippen LogP contribution >= 0.6 is 0 Å². The van der Waals surface area contributed by atoms with Crippen molar-refractivity contribution >= 4 is 0 Å². The number of hydrogen-bond acceptors (Lipinski definition) is 4. The number of aliphatic hydroxyl groups is 2. The summed E-state index contributed by atoms with van der Waals surface area (Å²) >= 11 is 0. The van der Waals surface area contributed by atoms with Gasteiger partial charge in [0.15, 0.2) is 0 Å². The summed E-state index contributed by atoms with van der Waals surface area (Å²) in [5, 5.41) is 20.5. The van der Waals surface area contributed by atoms with E-state index in [2.05, 4.69) is 9.97 Å². The van der Waals surface area contributed by atoms with Crippen LogP contribution in [0.3, 0.4) is 0 Å². The predicted octanol–water partition coefficient (Wildman–Crippen LogP) is 3.91. The number of alkyl halides is 6. The van der Waals surface area contributed by atoms with Crippen LogP contribution in [0.5, 0.6) is 0 Å². The van der Waals surface area contributed by atoms with Crippen molar-refractivity contribution in [3.05, 3.63) is 59.2 Å². The Balaban J connectivity index is 0.00000364. The van der Waals surface area contributed by atoms with Gasteiger partial charge in [0.05, 0.1) is 12.2 Å². The van der Waals surface area contributed by atoms with Crippen molar-refractivity contribution in [2.75, 3.05) is 0 Å². The summed E-state index contributed by atoms with van der Waals surface area (Å²) < 4.78 is 76.2. The van der Waals surface area contributed by atoms with Crippen LogP contribution in [0.25, 0.3) is 0 Å². The molecule has 1 radical (unpaired) electrons. The van der Waals surface area contributed by atoms with Crippen molar-refractivity contribution in [2.24, 2.45) is 5.92 Å². The molecule has 0 aromatic carbocycles. The molecule has 2 atom stereocenters. The molecule has 0 saturated heterocycles. The maximum absolute atomic E-state index is 12.7. The Morgan fingerprint density at radius 1 is 0.778 bits per heavy atom. The minimum Gasteiger partial charge on any atom is -0.388 e. The molecule has 11 heteroatoms. The molecular formula is C16H14CuF6N2O2. The molecule has 2 N–H and O–H groups in total. The first kappa shape index (κ1) is 23.4. The number of aromatic nitrogens is 2. The van der Waals surface area contributed by atoms with Gasteiger partial charge in [-0.25, -0.2) is 0 Å². The third-order valence-electron chi connectivity index (χ3n) is 3.83. The molecule has 0 aliphatic carbocycles. The van der Waals surface area contributed by atoms with Gasteiger partial charge in [0, 0.05) is 35.4 Å². The molecule has 0 saturated carbocycles. The van der Waals surface area contributed by atoms with Crippen LogP contribution in [0.15, 0.2) is 36.7 Å². The van der Waals surface area contributed by atoms with Crippen molar-refractivity contribution in [3.8, 4) is 0 Å². The molecule has 0 spiro atoms. The van der Waals surface area contributed by atoms with E-state index < -0.39 is 41.9 Å². The molecule has 0 aliphatic rings. The normalized spacial score (nSPS) is 15.6. The Morgan fingerprint density at radius 3 is 1.41 bits per heavy atom. The second kappa shape index (κ2) is 8.55. The van der Waals surface area contributed by atoms with Crippen molar-refractivity contribution < 1.29 is 53.6 Å². The number of hydrogen-bond donors (Lipinski definition) is 2. The molecule has 0 aliphatic heterocycles. The summed E-state index contributed by atoms with van der Waals surface area (Å²) in [5.74, 6) is -1.10. The van der Waals surface area contributed by atoms with Crippen molar-refractivity contribution in [2.45, 2.75) is 31.5 Å². The minimum atomic E-state index is -4.72. The summed E-state index contributed by atoms with van der Waals surface area (Å²) in [6, 6.07) is 3.52. The molecule has 2 aromatic rings. The number of rotatable bonds is 4. The molecular weight excluding hydrogens is 430 g/mol. The molecule has 2 rings (SSSR count). The van der Waals surface area contributed by atoms with Crippen LogP contribution in [0.1, 0.15) is 41.6 Å². The first-order valence-electron chi connectivity index (χ1n) is 7.33. The Kier molecular flexibility index (Phi) is 7.40. The van der Waals surface area contributed by atoms with E-state index in [-0.39, 0.29) is 28.2 Å². The Morgan fingerprint density at radius 2 is 1.11 bits per heavy atom. The number of pyridine rings is 2. The van der Waals surface area contributed by atoms with Crippen molar-refractivity contribution in [3.63, 3.8) is 0 Å². The third-order valence-corrected chi connectivity index (χ3v) is 3.83. The number of halogens is 6. The molecule has 153 valence electrons. The largest absolute Gasteiger partial charge is 0.433 e. The van der Waals surface area contributed by atoms with Gasteiger partial charge in [-0.3, -0.25) is 9.97 Å². The van der Waals surface area contributed by atoms with E-state index in [1.165, 1.54) is 6.92 Å². The molecule has 2 unspecified atom stereocenters. The fourth-order valence-electron chi connectivity index (χ4n) is 2.35. The minimum absolute atomic E-state index is 0. The Bertz CT molecular complexity index is 706. The zero-order valence-corrected chi connectivity index (χ0v) is 14.5.